The Labute approximate surface area is 149 Å². The number of hydrogen-bond donors (Lipinski definition) is 1. The van der Waals surface area contributed by atoms with E-state index in [1.807, 2.05) is 0 Å². The van der Waals surface area contributed by atoms with Gasteiger partial charge in [-0.1, -0.05) is 38.3 Å². The Hall–Kier alpha value is -1.16. The van der Waals surface area contributed by atoms with E-state index in [9.17, 15) is 4.79 Å². The summed E-state index contributed by atoms with van der Waals surface area (Å²) in [5.74, 6) is 1.43. The van der Waals surface area contributed by atoms with Gasteiger partial charge in [0, 0.05) is 13.3 Å². The first kappa shape index (κ1) is 20.9. The molecule has 0 aromatic rings. The molecule has 0 fully saturated rings. The zero-order chi connectivity index (χ0) is 17.7. The van der Waals surface area contributed by atoms with Crippen LogP contribution in [-0.2, 0) is 4.79 Å². The van der Waals surface area contributed by atoms with Gasteiger partial charge in [-0.3, -0.25) is 9.28 Å². The van der Waals surface area contributed by atoms with E-state index >= 15 is 0 Å². The molecule has 1 aliphatic rings. The molecule has 0 spiro atoms. The fourth-order valence-corrected chi connectivity index (χ4v) is 3.43. The van der Waals surface area contributed by atoms with Crippen LogP contribution in [0.1, 0.15) is 72.1 Å². The third-order valence-electron chi connectivity index (χ3n) is 5.05. The van der Waals surface area contributed by atoms with Crippen molar-refractivity contribution in [3.05, 3.63) is 12.2 Å². The zero-order valence-electron chi connectivity index (χ0n) is 16.1. The summed E-state index contributed by atoms with van der Waals surface area (Å²) in [6.45, 7) is 10.9. The van der Waals surface area contributed by atoms with Crippen molar-refractivity contribution in [2.45, 2.75) is 72.1 Å². The molecule has 4 nitrogen and oxygen atoms in total. The van der Waals surface area contributed by atoms with Crippen LogP contribution in [0.3, 0.4) is 0 Å². The van der Waals surface area contributed by atoms with Crippen LogP contribution >= 0.6 is 0 Å². The topological polar surface area (TPSA) is 41.5 Å². The largest absolute Gasteiger partial charge is 0.351 e. The molecular weight excluding hydrogens is 298 g/mol. The summed E-state index contributed by atoms with van der Waals surface area (Å²) >= 11 is 0. The molecule has 0 aliphatic carbocycles. The van der Waals surface area contributed by atoms with Crippen LogP contribution in [0.5, 0.6) is 0 Å². The molecule has 0 aromatic heterocycles. The molecule has 1 rings (SSSR count). The number of carbonyl (C=O) groups excluding carboxylic acids is 1. The van der Waals surface area contributed by atoms with Crippen molar-refractivity contribution in [1.82, 2.24) is 5.32 Å². The minimum Gasteiger partial charge on any atom is -0.351 e. The zero-order valence-corrected chi connectivity index (χ0v) is 16.1. The quantitative estimate of drug-likeness (QED) is 0.307. The van der Waals surface area contributed by atoms with E-state index in [4.69, 9.17) is 4.99 Å². The summed E-state index contributed by atoms with van der Waals surface area (Å²) in [6, 6.07) is 0. The highest BCUT2D eigenvalue weighted by atomic mass is 16.1. The molecule has 0 aromatic carbocycles. The van der Waals surface area contributed by atoms with Gasteiger partial charge in [0.1, 0.15) is 13.1 Å². The molecule has 0 saturated heterocycles. The molecule has 24 heavy (non-hydrogen) atoms. The van der Waals surface area contributed by atoms with Crippen LogP contribution in [0.15, 0.2) is 17.1 Å². The second kappa shape index (κ2) is 12.2. The van der Waals surface area contributed by atoms with E-state index in [1.54, 1.807) is 6.92 Å². The van der Waals surface area contributed by atoms with Crippen LogP contribution < -0.4 is 5.32 Å². The molecule has 0 saturated carbocycles. The lowest BCUT2D eigenvalue weighted by Gasteiger charge is -2.33. The molecule has 1 atom stereocenters. The van der Waals surface area contributed by atoms with Gasteiger partial charge in [0.25, 0.3) is 0 Å². The highest BCUT2D eigenvalue weighted by Crippen LogP contribution is 2.19. The maximum Gasteiger partial charge on any atom is 0.217 e. The van der Waals surface area contributed by atoms with Gasteiger partial charge in [0.15, 0.2) is 5.84 Å². The average molecular weight is 337 g/mol. The summed E-state index contributed by atoms with van der Waals surface area (Å²) in [5, 5.41) is 2.94. The number of aliphatic imine (C=N–C) groups is 1. The molecule has 1 unspecified atom stereocenters. The molecule has 1 heterocycles. The lowest BCUT2D eigenvalue weighted by Crippen LogP contribution is -2.54. The molecular formula is C20H38N3O+. The van der Waals surface area contributed by atoms with Crippen LogP contribution in [0.4, 0.5) is 0 Å². The van der Waals surface area contributed by atoms with Crippen molar-refractivity contribution < 1.29 is 9.28 Å². The normalized spacial score (nSPS) is 20.5. The Morgan fingerprint density at radius 1 is 1.17 bits per heavy atom. The Morgan fingerprint density at radius 3 is 2.58 bits per heavy atom. The third kappa shape index (κ3) is 7.61. The maximum atomic E-state index is 11.1. The molecule has 0 bridgehead atoms. The number of carbonyl (C=O) groups is 1. The fraction of sp³-hybridized carbons (Fsp3) is 0.800. The standard InChI is InChI=1S/C20H37N3O/c1-4-6-7-8-9-10-11-12-13-14-20-22-16-18-23(20,5-2)17-15-21-19(3)24/h8-9H,4-7,10-18H2,1-3H3/p+1/b9-8+. The first-order valence-electron chi connectivity index (χ1n) is 9.94. The van der Waals surface area contributed by atoms with Crippen LogP contribution in [0.25, 0.3) is 0 Å². The molecule has 1 aliphatic heterocycles. The van der Waals surface area contributed by atoms with Gasteiger partial charge in [0.2, 0.25) is 5.91 Å². The van der Waals surface area contributed by atoms with Crippen molar-refractivity contribution in [1.29, 1.82) is 0 Å². The number of rotatable bonds is 13. The number of hydrogen-bond acceptors (Lipinski definition) is 2. The molecule has 1 amide bonds. The van der Waals surface area contributed by atoms with Crippen LogP contribution in [-0.4, -0.2) is 48.9 Å². The Morgan fingerprint density at radius 2 is 1.92 bits per heavy atom. The molecule has 0 radical (unpaired) electrons. The van der Waals surface area contributed by atoms with Gasteiger partial charge in [-0.2, -0.15) is 0 Å². The minimum atomic E-state index is 0.0638. The van der Waals surface area contributed by atoms with E-state index < -0.39 is 0 Å². The third-order valence-corrected chi connectivity index (χ3v) is 5.05. The van der Waals surface area contributed by atoms with Crippen molar-refractivity contribution in [2.24, 2.45) is 4.99 Å². The van der Waals surface area contributed by atoms with Crippen LogP contribution in [0, 0.1) is 0 Å². The summed E-state index contributed by atoms with van der Waals surface area (Å²) in [7, 11) is 0. The van der Waals surface area contributed by atoms with E-state index in [1.165, 1.54) is 50.8 Å². The highest BCUT2D eigenvalue weighted by molar-refractivity contribution is 5.77. The lowest BCUT2D eigenvalue weighted by atomic mass is 10.1. The van der Waals surface area contributed by atoms with Gasteiger partial charge < -0.3 is 5.32 Å². The number of unbranched alkanes of at least 4 members (excludes halogenated alkanes) is 5. The smallest absolute Gasteiger partial charge is 0.217 e. The first-order valence-corrected chi connectivity index (χ1v) is 9.94. The number of amides is 1. The number of amidine groups is 1. The van der Waals surface area contributed by atoms with Crippen molar-refractivity contribution in [2.75, 3.05) is 32.7 Å². The molecule has 138 valence electrons. The van der Waals surface area contributed by atoms with Crippen molar-refractivity contribution >= 4 is 11.7 Å². The number of nitrogens with one attached hydrogen (secondary N) is 1. The SMILES string of the molecule is CCCC/C=C/CCCCCC1=NCC[N+]1(CC)CCNC(C)=O. The lowest BCUT2D eigenvalue weighted by molar-refractivity contribution is -0.833. The molecule has 1 N–H and O–H groups in total. The summed E-state index contributed by atoms with van der Waals surface area (Å²) < 4.78 is 0.983. The first-order chi connectivity index (χ1) is 11.6. The summed E-state index contributed by atoms with van der Waals surface area (Å²) in [5.41, 5.74) is 0. The number of nitrogens with zero attached hydrogens (tertiary/aromatic N) is 2. The van der Waals surface area contributed by atoms with Gasteiger partial charge in [-0.05, 0) is 32.6 Å². The Balaban J connectivity index is 2.24. The highest BCUT2D eigenvalue weighted by Gasteiger charge is 2.35. The van der Waals surface area contributed by atoms with E-state index in [2.05, 4.69) is 31.3 Å². The summed E-state index contributed by atoms with van der Waals surface area (Å²) in [4.78, 5) is 15.9. The van der Waals surface area contributed by atoms with E-state index in [0.29, 0.717) is 0 Å². The van der Waals surface area contributed by atoms with Gasteiger partial charge in [-0.25, -0.2) is 4.99 Å². The molecule has 4 heteroatoms. The predicted octanol–water partition coefficient (Wildman–Crippen LogP) is 4.07. The number of quaternary nitrogens is 1. The second-order valence-electron chi connectivity index (χ2n) is 6.90. The van der Waals surface area contributed by atoms with Crippen LogP contribution in [0.2, 0.25) is 0 Å². The van der Waals surface area contributed by atoms with E-state index in [0.717, 1.165) is 43.6 Å². The van der Waals surface area contributed by atoms with E-state index in [-0.39, 0.29) is 5.91 Å². The Bertz CT molecular complexity index is 417. The second-order valence-corrected chi connectivity index (χ2v) is 6.90. The van der Waals surface area contributed by atoms with Gasteiger partial charge >= 0.3 is 0 Å². The van der Waals surface area contributed by atoms with Gasteiger partial charge in [0.05, 0.1) is 19.6 Å². The number of likely N-dealkylation sites (N-methyl/N-ethyl adjacent to an activating group) is 1. The van der Waals surface area contributed by atoms with Crippen molar-refractivity contribution in [3.63, 3.8) is 0 Å². The predicted molar refractivity (Wildman–Crippen MR) is 103 cm³/mol. The average Bonchev–Trinajstić information content (AvgIpc) is 2.96. The maximum absolute atomic E-state index is 11.1. The minimum absolute atomic E-state index is 0.0638. The summed E-state index contributed by atoms with van der Waals surface area (Å²) in [6.07, 6.45) is 14.7. The fourth-order valence-electron chi connectivity index (χ4n) is 3.43. The number of allylic oxidation sites excluding steroid dienone is 2. The van der Waals surface area contributed by atoms with Crippen molar-refractivity contribution in [3.8, 4) is 0 Å². The van der Waals surface area contributed by atoms with Gasteiger partial charge in [-0.15, -0.1) is 0 Å². The Kier molecular flexibility index (Phi) is 10.6. The monoisotopic (exact) mass is 336 g/mol.